The summed E-state index contributed by atoms with van der Waals surface area (Å²) in [6, 6.07) is 1.44. The number of pyridine rings is 1. The fourth-order valence-corrected chi connectivity index (χ4v) is 4.69. The molecule has 0 aromatic carbocycles. The zero-order valence-corrected chi connectivity index (χ0v) is 21.5. The van der Waals surface area contributed by atoms with Gasteiger partial charge in [0.25, 0.3) is 0 Å². The molecule has 1 aromatic rings. The number of aliphatic hydroxyl groups is 4. The van der Waals surface area contributed by atoms with Crippen molar-refractivity contribution in [2.45, 2.75) is 50.1 Å². The fourth-order valence-electron chi connectivity index (χ4n) is 3.45. The van der Waals surface area contributed by atoms with Crippen molar-refractivity contribution >= 4 is 22.6 Å². The number of ether oxygens (including phenoxy) is 5. The van der Waals surface area contributed by atoms with Crippen molar-refractivity contribution in [3.63, 3.8) is 0 Å². The number of carbonyl (C=O) groups is 1. The summed E-state index contributed by atoms with van der Waals surface area (Å²) < 4.78 is 26.9. The number of aliphatic hydroxyl groups excluding tert-OH is 4. The van der Waals surface area contributed by atoms with Gasteiger partial charge >= 0.3 is 0 Å². The van der Waals surface area contributed by atoms with E-state index in [-0.39, 0.29) is 51.2 Å². The number of aliphatic imine (C=N–C) groups is 1. The molecule has 2 aliphatic rings. The lowest BCUT2D eigenvalue weighted by molar-refractivity contribution is -0.302. The molecule has 2 unspecified atom stereocenters. The number of hydrogen-bond acceptors (Lipinski definition) is 14. The lowest BCUT2D eigenvalue weighted by Gasteiger charge is -2.39. The Balaban J connectivity index is 1.26. The van der Waals surface area contributed by atoms with Crippen LogP contribution in [0.5, 0.6) is 11.5 Å². The molecule has 14 heteroatoms. The Morgan fingerprint density at radius 1 is 1.11 bits per heavy atom. The minimum atomic E-state index is -1.49. The summed E-state index contributed by atoms with van der Waals surface area (Å²) >= 11 is 1.37. The number of nitrogens with zero attached hydrogens (tertiary/aromatic N) is 2. The maximum absolute atomic E-state index is 11.8. The zero-order valence-electron chi connectivity index (χ0n) is 20.7. The van der Waals surface area contributed by atoms with E-state index in [1.165, 1.54) is 30.9 Å². The molecule has 5 N–H and O–H groups in total. The average molecular weight is 547 g/mol. The van der Waals surface area contributed by atoms with Gasteiger partial charge in [-0.05, 0) is 13.8 Å². The normalized spacial score (nSPS) is 29.8. The SMILES string of the molecule is CC(=O)[C@@]1(C)CSC(c2ncc(OCCOCCOCCO[C@@H]3OC(CO)[C@@H](O)C(O)[C@@H]3O)cc2O)=N1. The molecule has 3 heterocycles. The van der Waals surface area contributed by atoms with Gasteiger partial charge < -0.3 is 49.2 Å². The van der Waals surface area contributed by atoms with E-state index in [0.717, 1.165) is 0 Å². The van der Waals surface area contributed by atoms with E-state index in [4.69, 9.17) is 28.8 Å². The number of thioether (sulfide) groups is 1. The van der Waals surface area contributed by atoms with Gasteiger partial charge in [0.15, 0.2) is 12.1 Å². The van der Waals surface area contributed by atoms with Gasteiger partial charge in [-0.2, -0.15) is 0 Å². The lowest BCUT2D eigenvalue weighted by atomic mass is 9.99. The molecule has 3 rings (SSSR count). The largest absolute Gasteiger partial charge is 0.505 e. The Kier molecular flexibility index (Phi) is 11.0. The van der Waals surface area contributed by atoms with Crippen LogP contribution in [0.3, 0.4) is 0 Å². The van der Waals surface area contributed by atoms with Crippen molar-refractivity contribution in [3.8, 4) is 11.5 Å². The van der Waals surface area contributed by atoms with E-state index in [1.807, 2.05) is 0 Å². The molecular weight excluding hydrogens is 512 g/mol. The van der Waals surface area contributed by atoms with Crippen LogP contribution in [0, 0.1) is 0 Å². The van der Waals surface area contributed by atoms with Crippen molar-refractivity contribution in [1.82, 2.24) is 4.98 Å². The highest BCUT2D eigenvalue weighted by molar-refractivity contribution is 8.14. The lowest BCUT2D eigenvalue weighted by Crippen LogP contribution is -2.59. The predicted octanol–water partition coefficient (Wildman–Crippen LogP) is -1.14. The number of aromatic hydroxyl groups is 1. The summed E-state index contributed by atoms with van der Waals surface area (Å²) in [6.45, 7) is 4.00. The highest BCUT2D eigenvalue weighted by Crippen LogP contribution is 2.34. The van der Waals surface area contributed by atoms with Gasteiger partial charge in [-0.1, -0.05) is 0 Å². The molecule has 2 aliphatic heterocycles. The second-order valence-corrected chi connectivity index (χ2v) is 9.68. The van der Waals surface area contributed by atoms with Crippen LogP contribution >= 0.6 is 11.8 Å². The van der Waals surface area contributed by atoms with Gasteiger partial charge in [-0.15, -0.1) is 11.8 Å². The van der Waals surface area contributed by atoms with Crippen LogP contribution in [0.25, 0.3) is 0 Å². The number of rotatable bonds is 14. The van der Waals surface area contributed by atoms with E-state index in [0.29, 0.717) is 22.2 Å². The Bertz CT molecular complexity index is 934. The maximum atomic E-state index is 11.8. The van der Waals surface area contributed by atoms with Crippen LogP contribution < -0.4 is 4.74 Å². The van der Waals surface area contributed by atoms with Gasteiger partial charge in [-0.3, -0.25) is 9.79 Å². The average Bonchev–Trinajstić information content (AvgIpc) is 3.28. The summed E-state index contributed by atoms with van der Waals surface area (Å²) in [5.74, 6) is 0.742. The summed E-state index contributed by atoms with van der Waals surface area (Å²) in [7, 11) is 0. The first-order valence-electron chi connectivity index (χ1n) is 11.8. The summed E-state index contributed by atoms with van der Waals surface area (Å²) in [5, 5.41) is 49.4. The van der Waals surface area contributed by atoms with Crippen LogP contribution in [0.1, 0.15) is 19.5 Å². The quantitative estimate of drug-likeness (QED) is 0.176. The molecule has 1 saturated heterocycles. The maximum Gasteiger partial charge on any atom is 0.186 e. The van der Waals surface area contributed by atoms with Crippen LogP contribution in [0.4, 0.5) is 0 Å². The highest BCUT2D eigenvalue weighted by Gasteiger charge is 2.44. The Morgan fingerprint density at radius 3 is 2.41 bits per heavy atom. The third-order valence-electron chi connectivity index (χ3n) is 5.87. The molecule has 37 heavy (non-hydrogen) atoms. The fraction of sp³-hybridized carbons (Fsp3) is 0.696. The zero-order chi connectivity index (χ0) is 27.0. The Hall–Kier alpha value is -1.88. The highest BCUT2D eigenvalue weighted by atomic mass is 32.2. The predicted molar refractivity (Wildman–Crippen MR) is 131 cm³/mol. The van der Waals surface area contributed by atoms with Crippen molar-refractivity contribution in [2.24, 2.45) is 4.99 Å². The van der Waals surface area contributed by atoms with E-state index < -0.39 is 42.9 Å². The van der Waals surface area contributed by atoms with Gasteiger partial charge in [-0.25, -0.2) is 4.98 Å². The molecule has 0 aliphatic carbocycles. The van der Waals surface area contributed by atoms with Crippen molar-refractivity contribution in [3.05, 3.63) is 18.0 Å². The molecule has 6 atom stereocenters. The van der Waals surface area contributed by atoms with Crippen LogP contribution in [-0.2, 0) is 23.7 Å². The van der Waals surface area contributed by atoms with Gasteiger partial charge in [0.2, 0.25) is 0 Å². The van der Waals surface area contributed by atoms with E-state index >= 15 is 0 Å². The van der Waals surface area contributed by atoms with Gasteiger partial charge in [0.1, 0.15) is 58.8 Å². The van der Waals surface area contributed by atoms with Crippen LogP contribution in [-0.4, -0.2) is 130 Å². The van der Waals surface area contributed by atoms with Gasteiger partial charge in [0, 0.05) is 11.8 Å². The van der Waals surface area contributed by atoms with E-state index in [1.54, 1.807) is 6.92 Å². The molecular formula is C23H34N2O11S. The first-order chi connectivity index (χ1) is 17.7. The number of Topliss-reactive ketones (excluding diaryl/α,β-unsaturated/α-hetero) is 1. The third-order valence-corrected chi connectivity index (χ3v) is 7.13. The molecule has 0 radical (unpaired) electrons. The standard InChI is InChI=1S/C23H34N2O11S/c1-13(27)23(2)12-37-21(25-23)17-15(28)9-14(10-24-17)34-7-5-32-3-4-33-6-8-35-22-20(31)19(30)18(29)16(11-26)36-22/h9-10,16,18-20,22,26,28-31H,3-8,11-12H2,1-2H3/t16?,18-,19?,20+,22-,23-/m1/s1. The van der Waals surface area contributed by atoms with Crippen molar-refractivity contribution < 1.29 is 54.0 Å². The number of ketones is 1. The molecule has 0 bridgehead atoms. The number of aromatic nitrogens is 1. The minimum Gasteiger partial charge on any atom is -0.505 e. The van der Waals surface area contributed by atoms with E-state index in [9.17, 15) is 25.2 Å². The molecule has 0 spiro atoms. The molecule has 1 fully saturated rings. The van der Waals surface area contributed by atoms with Crippen molar-refractivity contribution in [2.75, 3.05) is 52.0 Å². The summed E-state index contributed by atoms with van der Waals surface area (Å²) in [4.78, 5) is 20.4. The first kappa shape index (κ1) is 29.7. The molecule has 13 nitrogen and oxygen atoms in total. The monoisotopic (exact) mass is 546 g/mol. The molecule has 0 saturated carbocycles. The van der Waals surface area contributed by atoms with Gasteiger partial charge in [0.05, 0.1) is 45.8 Å². The summed E-state index contributed by atoms with van der Waals surface area (Å²) in [5.41, 5.74) is -0.493. The molecule has 208 valence electrons. The topological polar surface area (TPSA) is 190 Å². The summed E-state index contributed by atoms with van der Waals surface area (Å²) in [6.07, 6.45) is -5.12. The smallest absolute Gasteiger partial charge is 0.186 e. The second kappa shape index (κ2) is 13.8. The Morgan fingerprint density at radius 2 is 1.78 bits per heavy atom. The number of carbonyl (C=O) groups excluding carboxylic acids is 1. The third kappa shape index (κ3) is 7.81. The number of hydrogen-bond donors (Lipinski definition) is 5. The first-order valence-corrected chi connectivity index (χ1v) is 12.8. The second-order valence-electron chi connectivity index (χ2n) is 8.72. The minimum absolute atomic E-state index is 0.0405. The Labute approximate surface area is 218 Å². The molecule has 0 amide bonds. The van der Waals surface area contributed by atoms with Crippen LogP contribution in [0.15, 0.2) is 17.3 Å². The van der Waals surface area contributed by atoms with Crippen molar-refractivity contribution in [1.29, 1.82) is 0 Å². The van der Waals surface area contributed by atoms with E-state index in [2.05, 4.69) is 9.98 Å². The molecule has 1 aromatic heterocycles. The van der Waals surface area contributed by atoms with Crippen LogP contribution in [0.2, 0.25) is 0 Å².